The number of hydrazine groups is 1. The molecule has 0 spiro atoms. The van der Waals surface area contributed by atoms with Crippen LogP contribution in [-0.2, 0) is 11.4 Å². The number of carbonyl (C=O) groups is 1. The van der Waals surface area contributed by atoms with E-state index in [4.69, 9.17) is 4.74 Å². The minimum atomic E-state index is -0.731. The minimum absolute atomic E-state index is 0.0712. The van der Waals surface area contributed by atoms with Crippen LogP contribution in [0.1, 0.15) is 31.9 Å². The molecule has 26 heavy (non-hydrogen) atoms. The highest BCUT2D eigenvalue weighted by atomic mass is 16.7. The van der Waals surface area contributed by atoms with Crippen LogP contribution in [0.5, 0.6) is 5.75 Å². The summed E-state index contributed by atoms with van der Waals surface area (Å²) in [6.07, 6.45) is 0. The molecule has 1 aliphatic rings. The number of ketones is 1. The van der Waals surface area contributed by atoms with E-state index in [-0.39, 0.29) is 21.1 Å². The summed E-state index contributed by atoms with van der Waals surface area (Å²) in [5, 5.41) is 24.4. The molecule has 0 saturated carbocycles. The third-order valence-electron chi connectivity index (χ3n) is 4.04. The Bertz CT molecular complexity index is 909. The summed E-state index contributed by atoms with van der Waals surface area (Å²) in [6, 6.07) is 16.3. The second kappa shape index (κ2) is 6.63. The molecule has 6 nitrogen and oxygen atoms in total. The molecule has 6 heteroatoms. The Labute approximate surface area is 151 Å². The first-order chi connectivity index (χ1) is 12.3. The lowest BCUT2D eigenvalue weighted by Crippen LogP contribution is -2.34. The van der Waals surface area contributed by atoms with Crippen LogP contribution >= 0.6 is 0 Å². The van der Waals surface area contributed by atoms with Gasteiger partial charge in [-0.1, -0.05) is 36.4 Å². The first-order valence-electron chi connectivity index (χ1n) is 8.29. The summed E-state index contributed by atoms with van der Waals surface area (Å²) in [5.74, 6) is -0.0376. The van der Waals surface area contributed by atoms with Crippen molar-refractivity contribution in [2.75, 3.05) is 0 Å². The molecule has 1 aliphatic heterocycles. The first kappa shape index (κ1) is 17.7. The molecule has 0 aliphatic carbocycles. The van der Waals surface area contributed by atoms with Gasteiger partial charge in [0.1, 0.15) is 12.4 Å². The molecule has 0 aromatic heterocycles. The molecule has 0 radical (unpaired) electrons. The quantitative estimate of drug-likeness (QED) is 0.626. The molecular weight excluding hydrogens is 332 g/mol. The third kappa shape index (κ3) is 3.31. The number of benzene rings is 2. The fourth-order valence-corrected chi connectivity index (χ4v) is 2.81. The molecule has 0 atom stereocenters. The Hall–Kier alpha value is -3.15. The van der Waals surface area contributed by atoms with Crippen LogP contribution in [0.3, 0.4) is 0 Å². The van der Waals surface area contributed by atoms with Crippen LogP contribution in [0.4, 0.5) is 0 Å². The average Bonchev–Trinajstić information content (AvgIpc) is 2.83. The zero-order valence-electron chi connectivity index (χ0n) is 14.9. The van der Waals surface area contributed by atoms with Gasteiger partial charge in [-0.3, -0.25) is 4.79 Å². The Kier molecular flexibility index (Phi) is 4.50. The fourth-order valence-electron chi connectivity index (χ4n) is 2.81. The molecule has 3 rings (SSSR count). The Morgan fingerprint density at radius 1 is 0.962 bits per heavy atom. The van der Waals surface area contributed by atoms with Crippen molar-refractivity contribution in [2.24, 2.45) is 5.41 Å². The van der Waals surface area contributed by atoms with Gasteiger partial charge in [-0.2, -0.15) is 0 Å². The van der Waals surface area contributed by atoms with Crippen molar-refractivity contribution in [3.8, 4) is 5.75 Å². The standard InChI is InChI=1S/C20H20N2O4/c1-20(2,3)19-18(23)17(21(24)22(19)25)15-10-7-11-16(12-15)26-13-14-8-5-4-6-9-14/h4-12H,13H2,1-3H3. The first-order valence-corrected chi connectivity index (χ1v) is 8.29. The SMILES string of the molecule is CC(C)(C)C1=[N+]([O-])[N+]([O-])=C(c2cccc(OCc3ccccc3)c2)C1=O. The van der Waals surface area contributed by atoms with E-state index < -0.39 is 11.2 Å². The number of carbonyl (C=O) groups excluding carboxylic acids is 1. The highest BCUT2D eigenvalue weighted by Crippen LogP contribution is 2.23. The normalized spacial score (nSPS) is 15.0. The molecular formula is C20H20N2O4. The van der Waals surface area contributed by atoms with Gasteiger partial charge in [0.15, 0.2) is 0 Å². The molecule has 0 N–H and O–H groups in total. The topological polar surface area (TPSA) is 78.4 Å². The van der Waals surface area contributed by atoms with Crippen molar-refractivity contribution < 1.29 is 19.2 Å². The van der Waals surface area contributed by atoms with Gasteiger partial charge in [-0.15, -0.1) is 0 Å². The van der Waals surface area contributed by atoms with E-state index >= 15 is 0 Å². The van der Waals surface area contributed by atoms with Gasteiger partial charge in [0.2, 0.25) is 0 Å². The van der Waals surface area contributed by atoms with Crippen molar-refractivity contribution in [3.63, 3.8) is 0 Å². The summed E-state index contributed by atoms with van der Waals surface area (Å²) < 4.78 is 5.74. The Balaban J connectivity index is 1.86. The van der Waals surface area contributed by atoms with E-state index in [0.29, 0.717) is 17.9 Å². The molecule has 0 bridgehead atoms. The average molecular weight is 352 g/mol. The minimum Gasteiger partial charge on any atom is -0.561 e. The lowest BCUT2D eigenvalue weighted by atomic mass is 9.85. The monoisotopic (exact) mass is 352 g/mol. The van der Waals surface area contributed by atoms with E-state index in [1.165, 1.54) is 0 Å². The number of rotatable bonds is 4. The van der Waals surface area contributed by atoms with Gasteiger partial charge >= 0.3 is 17.2 Å². The summed E-state index contributed by atoms with van der Waals surface area (Å²) in [6.45, 7) is 5.53. The smallest absolute Gasteiger partial charge is 0.348 e. The number of nitrogens with zero attached hydrogens (tertiary/aromatic N) is 2. The van der Waals surface area contributed by atoms with Gasteiger partial charge in [0.05, 0.1) is 20.7 Å². The lowest BCUT2D eigenvalue weighted by molar-refractivity contribution is -1.05. The summed E-state index contributed by atoms with van der Waals surface area (Å²) in [5.41, 5.74) is 0.371. The van der Waals surface area contributed by atoms with Crippen LogP contribution in [-0.4, -0.2) is 26.9 Å². The van der Waals surface area contributed by atoms with Crippen molar-refractivity contribution in [1.82, 2.24) is 0 Å². The van der Waals surface area contributed by atoms with Crippen LogP contribution in [0.2, 0.25) is 0 Å². The van der Waals surface area contributed by atoms with Crippen LogP contribution in [0.15, 0.2) is 54.6 Å². The second-order valence-corrected chi connectivity index (χ2v) is 7.12. The van der Waals surface area contributed by atoms with Crippen molar-refractivity contribution in [1.29, 1.82) is 0 Å². The number of hydrogen-bond donors (Lipinski definition) is 0. The molecule has 0 fully saturated rings. The van der Waals surface area contributed by atoms with E-state index in [0.717, 1.165) is 5.56 Å². The number of ether oxygens (including phenoxy) is 1. The third-order valence-corrected chi connectivity index (χ3v) is 4.04. The van der Waals surface area contributed by atoms with Crippen molar-refractivity contribution in [2.45, 2.75) is 27.4 Å². The summed E-state index contributed by atoms with van der Waals surface area (Å²) in [7, 11) is 0. The molecule has 0 amide bonds. The molecule has 2 aromatic rings. The van der Waals surface area contributed by atoms with Gasteiger partial charge in [0.25, 0.3) is 0 Å². The zero-order valence-corrected chi connectivity index (χ0v) is 14.9. The maximum Gasteiger partial charge on any atom is 0.348 e. The maximum atomic E-state index is 12.7. The zero-order chi connectivity index (χ0) is 18.9. The van der Waals surface area contributed by atoms with Gasteiger partial charge in [0, 0.05) is 0 Å². The molecule has 0 saturated heterocycles. The lowest BCUT2D eigenvalue weighted by Gasteiger charge is -2.11. The number of hydrazone groups is 2. The van der Waals surface area contributed by atoms with Crippen molar-refractivity contribution in [3.05, 3.63) is 76.1 Å². The van der Waals surface area contributed by atoms with Crippen LogP contribution < -0.4 is 4.74 Å². The van der Waals surface area contributed by atoms with E-state index in [2.05, 4.69) is 0 Å². The maximum absolute atomic E-state index is 12.7. The molecule has 2 aromatic carbocycles. The molecule has 134 valence electrons. The van der Waals surface area contributed by atoms with E-state index in [1.54, 1.807) is 45.0 Å². The molecule has 0 unspecified atom stereocenters. The summed E-state index contributed by atoms with van der Waals surface area (Å²) >= 11 is 0. The van der Waals surface area contributed by atoms with E-state index in [1.807, 2.05) is 30.3 Å². The van der Waals surface area contributed by atoms with Crippen LogP contribution in [0, 0.1) is 15.8 Å². The van der Waals surface area contributed by atoms with E-state index in [9.17, 15) is 15.2 Å². The van der Waals surface area contributed by atoms with Crippen molar-refractivity contribution >= 4 is 17.2 Å². The Morgan fingerprint density at radius 2 is 1.65 bits per heavy atom. The largest absolute Gasteiger partial charge is 0.561 e. The second-order valence-electron chi connectivity index (χ2n) is 7.12. The predicted octanol–water partition coefficient (Wildman–Crippen LogP) is 3.06. The molecule has 1 heterocycles. The van der Waals surface area contributed by atoms with Gasteiger partial charge < -0.3 is 15.2 Å². The number of hydrogen-bond acceptors (Lipinski definition) is 4. The van der Waals surface area contributed by atoms with Gasteiger partial charge in [-0.25, -0.2) is 0 Å². The number of Topliss-reactive ketones (excluding diaryl/α,β-unsaturated/α-hetero) is 1. The van der Waals surface area contributed by atoms with Gasteiger partial charge in [-0.05, 0) is 44.5 Å². The predicted molar refractivity (Wildman–Crippen MR) is 98.0 cm³/mol. The fraction of sp³-hybridized carbons (Fsp3) is 0.250. The Morgan fingerprint density at radius 3 is 2.27 bits per heavy atom. The van der Waals surface area contributed by atoms with Crippen LogP contribution in [0.25, 0.3) is 0 Å². The highest BCUT2D eigenvalue weighted by molar-refractivity contribution is 6.68. The summed E-state index contributed by atoms with van der Waals surface area (Å²) in [4.78, 5) is 12.9. The highest BCUT2D eigenvalue weighted by Gasteiger charge is 2.50.